The fourth-order valence-corrected chi connectivity index (χ4v) is 2.01. The van der Waals surface area contributed by atoms with Gasteiger partial charge in [-0.25, -0.2) is 4.39 Å². The maximum atomic E-state index is 14.0. The zero-order valence-corrected chi connectivity index (χ0v) is 12.6. The third-order valence-electron chi connectivity index (χ3n) is 3.12. The highest BCUT2D eigenvalue weighted by Crippen LogP contribution is 2.19. The Morgan fingerprint density at radius 1 is 1.05 bits per heavy atom. The maximum absolute atomic E-state index is 14.0. The average molecular weight is 287 g/mol. The molecule has 0 amide bonds. The number of halogens is 1. The summed E-state index contributed by atoms with van der Waals surface area (Å²) in [5.41, 5.74) is 1.96. The summed E-state index contributed by atoms with van der Waals surface area (Å²) in [5.74, 6) is 0.574. The Morgan fingerprint density at radius 2 is 1.81 bits per heavy atom. The molecule has 0 aromatic heterocycles. The lowest BCUT2D eigenvalue weighted by molar-refractivity contribution is 0.290. The van der Waals surface area contributed by atoms with Crippen molar-refractivity contribution in [3.05, 3.63) is 65.5 Å². The van der Waals surface area contributed by atoms with Crippen LogP contribution in [0.25, 0.3) is 0 Å². The lowest BCUT2D eigenvalue weighted by Gasteiger charge is -2.10. The van der Waals surface area contributed by atoms with Crippen molar-refractivity contribution in [3.63, 3.8) is 0 Å². The topological polar surface area (TPSA) is 21.3 Å². The molecule has 0 aliphatic heterocycles. The normalized spacial score (nSPS) is 10.9. The predicted molar refractivity (Wildman–Crippen MR) is 83.7 cm³/mol. The second kappa shape index (κ2) is 7.79. The molecule has 2 nitrogen and oxygen atoms in total. The highest BCUT2D eigenvalue weighted by molar-refractivity contribution is 5.29. The smallest absolute Gasteiger partial charge is 0.165 e. The maximum Gasteiger partial charge on any atom is 0.165 e. The molecule has 0 spiro atoms. The fraction of sp³-hybridized carbons (Fsp3) is 0.333. The number of ether oxygens (including phenoxy) is 1. The summed E-state index contributed by atoms with van der Waals surface area (Å²) in [4.78, 5) is 0. The van der Waals surface area contributed by atoms with Crippen LogP contribution in [-0.4, -0.2) is 6.54 Å². The fourth-order valence-electron chi connectivity index (χ4n) is 2.01. The molecule has 0 saturated carbocycles. The number of nitrogens with one attached hydrogen (secondary N) is 1. The zero-order chi connectivity index (χ0) is 15.1. The van der Waals surface area contributed by atoms with Crippen molar-refractivity contribution in [2.45, 2.75) is 27.0 Å². The highest BCUT2D eigenvalue weighted by Gasteiger charge is 2.05. The van der Waals surface area contributed by atoms with Crippen LogP contribution in [0.15, 0.2) is 48.5 Å². The van der Waals surface area contributed by atoms with Crippen molar-refractivity contribution in [2.75, 3.05) is 6.54 Å². The van der Waals surface area contributed by atoms with Gasteiger partial charge in [0.1, 0.15) is 6.61 Å². The molecule has 0 radical (unpaired) electrons. The Bertz CT molecular complexity index is 554. The number of benzene rings is 2. The predicted octanol–water partition coefficient (Wildman–Crippen LogP) is 4.15. The van der Waals surface area contributed by atoms with E-state index < -0.39 is 0 Å². The molecule has 2 aromatic carbocycles. The van der Waals surface area contributed by atoms with Gasteiger partial charge < -0.3 is 10.1 Å². The minimum Gasteiger partial charge on any atom is -0.486 e. The quantitative estimate of drug-likeness (QED) is 0.826. The lowest BCUT2D eigenvalue weighted by atomic mass is 10.2. The third kappa shape index (κ3) is 5.20. The average Bonchev–Trinajstić information content (AvgIpc) is 2.47. The molecule has 0 saturated heterocycles. The van der Waals surface area contributed by atoms with Crippen LogP contribution in [0.4, 0.5) is 4.39 Å². The van der Waals surface area contributed by atoms with Crippen LogP contribution >= 0.6 is 0 Å². The Morgan fingerprint density at radius 3 is 2.48 bits per heavy atom. The van der Waals surface area contributed by atoms with Crippen LogP contribution in [0.3, 0.4) is 0 Å². The number of hydrogen-bond donors (Lipinski definition) is 1. The van der Waals surface area contributed by atoms with E-state index in [4.69, 9.17) is 4.74 Å². The van der Waals surface area contributed by atoms with Gasteiger partial charge in [0.05, 0.1) is 0 Å². The first-order valence-corrected chi connectivity index (χ1v) is 7.31. The SMILES string of the molecule is CC(C)CNCc1ccc(OCc2ccccc2)c(F)c1. The van der Waals surface area contributed by atoms with Crippen LogP contribution in [0.2, 0.25) is 0 Å². The molecule has 0 heterocycles. The molecule has 0 fully saturated rings. The monoisotopic (exact) mass is 287 g/mol. The minimum atomic E-state index is -0.310. The van der Waals surface area contributed by atoms with E-state index in [1.54, 1.807) is 6.07 Å². The molecule has 112 valence electrons. The largest absolute Gasteiger partial charge is 0.486 e. The van der Waals surface area contributed by atoms with Crippen molar-refractivity contribution in [1.29, 1.82) is 0 Å². The van der Waals surface area contributed by atoms with Gasteiger partial charge in [0.25, 0.3) is 0 Å². The Balaban J connectivity index is 1.90. The summed E-state index contributed by atoms with van der Waals surface area (Å²) < 4.78 is 19.5. The van der Waals surface area contributed by atoms with E-state index in [1.807, 2.05) is 36.4 Å². The summed E-state index contributed by atoms with van der Waals surface area (Å²) in [6.45, 7) is 6.27. The molecule has 0 bridgehead atoms. The zero-order valence-electron chi connectivity index (χ0n) is 12.6. The first-order valence-electron chi connectivity index (χ1n) is 7.31. The van der Waals surface area contributed by atoms with Crippen molar-refractivity contribution in [1.82, 2.24) is 5.32 Å². The number of rotatable bonds is 7. The van der Waals surface area contributed by atoms with E-state index in [1.165, 1.54) is 6.07 Å². The van der Waals surface area contributed by atoms with Gasteiger partial charge in [-0.3, -0.25) is 0 Å². The molecule has 0 aliphatic rings. The van der Waals surface area contributed by atoms with Gasteiger partial charge in [-0.05, 0) is 35.7 Å². The minimum absolute atomic E-state index is 0.298. The van der Waals surface area contributed by atoms with Crippen LogP contribution in [0.5, 0.6) is 5.75 Å². The summed E-state index contributed by atoms with van der Waals surface area (Å²) in [7, 11) is 0. The van der Waals surface area contributed by atoms with Gasteiger partial charge in [0.15, 0.2) is 11.6 Å². The van der Waals surface area contributed by atoms with Crippen molar-refractivity contribution in [2.24, 2.45) is 5.92 Å². The molecular weight excluding hydrogens is 265 g/mol. The van der Waals surface area contributed by atoms with Crippen LogP contribution in [0, 0.1) is 11.7 Å². The molecule has 21 heavy (non-hydrogen) atoms. The second-order valence-electron chi connectivity index (χ2n) is 5.56. The van der Waals surface area contributed by atoms with Crippen LogP contribution in [-0.2, 0) is 13.2 Å². The van der Waals surface area contributed by atoms with E-state index >= 15 is 0 Å². The van der Waals surface area contributed by atoms with Crippen LogP contribution < -0.4 is 10.1 Å². The van der Waals surface area contributed by atoms with E-state index in [0.29, 0.717) is 24.8 Å². The molecule has 2 rings (SSSR count). The van der Waals surface area contributed by atoms with Gasteiger partial charge in [-0.1, -0.05) is 50.2 Å². The Kier molecular flexibility index (Phi) is 5.76. The van der Waals surface area contributed by atoms with Gasteiger partial charge in [0.2, 0.25) is 0 Å². The Hall–Kier alpha value is -1.87. The first kappa shape index (κ1) is 15.5. The van der Waals surface area contributed by atoms with Gasteiger partial charge >= 0.3 is 0 Å². The van der Waals surface area contributed by atoms with E-state index in [0.717, 1.165) is 17.7 Å². The van der Waals surface area contributed by atoms with E-state index in [9.17, 15) is 4.39 Å². The third-order valence-corrected chi connectivity index (χ3v) is 3.12. The molecule has 0 unspecified atom stereocenters. The second-order valence-corrected chi connectivity index (χ2v) is 5.56. The lowest BCUT2D eigenvalue weighted by Crippen LogP contribution is -2.19. The summed E-state index contributed by atoms with van der Waals surface area (Å²) in [6, 6.07) is 14.9. The van der Waals surface area contributed by atoms with Gasteiger partial charge in [0, 0.05) is 6.54 Å². The van der Waals surface area contributed by atoms with Crippen LogP contribution in [0.1, 0.15) is 25.0 Å². The van der Waals surface area contributed by atoms with Crippen molar-refractivity contribution < 1.29 is 9.13 Å². The van der Waals surface area contributed by atoms with E-state index in [-0.39, 0.29) is 5.82 Å². The number of hydrogen-bond acceptors (Lipinski definition) is 2. The molecule has 0 aliphatic carbocycles. The molecule has 2 aromatic rings. The Labute approximate surface area is 126 Å². The first-order chi connectivity index (χ1) is 10.1. The molecule has 1 N–H and O–H groups in total. The van der Waals surface area contributed by atoms with E-state index in [2.05, 4.69) is 19.2 Å². The summed E-state index contributed by atoms with van der Waals surface area (Å²) in [5, 5.41) is 3.30. The van der Waals surface area contributed by atoms with Gasteiger partial charge in [-0.2, -0.15) is 0 Å². The van der Waals surface area contributed by atoms with Gasteiger partial charge in [-0.15, -0.1) is 0 Å². The van der Waals surface area contributed by atoms with Crippen molar-refractivity contribution >= 4 is 0 Å². The summed E-state index contributed by atoms with van der Waals surface area (Å²) >= 11 is 0. The summed E-state index contributed by atoms with van der Waals surface area (Å²) in [6.07, 6.45) is 0. The molecule has 3 heteroatoms. The van der Waals surface area contributed by atoms with Crippen molar-refractivity contribution in [3.8, 4) is 5.75 Å². The molecular formula is C18H22FNO. The standard InChI is InChI=1S/C18H22FNO/c1-14(2)11-20-12-16-8-9-18(17(19)10-16)21-13-15-6-4-3-5-7-15/h3-10,14,20H,11-13H2,1-2H3. The molecule has 0 atom stereocenters. The highest BCUT2D eigenvalue weighted by atomic mass is 19.1.